The molecule has 214 valence electrons. The summed E-state index contributed by atoms with van der Waals surface area (Å²) in [4.78, 5) is 54.4. The fourth-order valence-electron chi connectivity index (χ4n) is 4.63. The molecule has 2 unspecified atom stereocenters. The number of aliphatic carboxylic acids is 1. The van der Waals surface area contributed by atoms with Gasteiger partial charge in [0, 0.05) is 18.8 Å². The van der Waals surface area contributed by atoms with Gasteiger partial charge in [0.15, 0.2) is 6.17 Å². The number of carbonyl (C=O) groups is 4. The number of nitrogens with zero attached hydrogens (tertiary/aromatic N) is 2. The van der Waals surface area contributed by atoms with Crippen LogP contribution < -0.4 is 10.6 Å². The Labute approximate surface area is 236 Å². The summed E-state index contributed by atoms with van der Waals surface area (Å²) in [5.74, 6) is -2.46. The Morgan fingerprint density at radius 1 is 0.976 bits per heavy atom. The molecule has 0 bridgehead atoms. The van der Waals surface area contributed by atoms with Crippen LogP contribution in [0.1, 0.15) is 35.6 Å². The van der Waals surface area contributed by atoms with Crippen LogP contribution in [0.25, 0.3) is 0 Å². The van der Waals surface area contributed by atoms with Crippen LogP contribution in [0.3, 0.4) is 0 Å². The van der Waals surface area contributed by atoms with Crippen LogP contribution in [0.2, 0.25) is 0 Å². The maximum atomic E-state index is 13.8. The first-order valence-electron chi connectivity index (χ1n) is 13.1. The summed E-state index contributed by atoms with van der Waals surface area (Å²) < 4.78 is 19.2. The summed E-state index contributed by atoms with van der Waals surface area (Å²) in [6.45, 7) is 2.01. The molecule has 11 heteroatoms. The molecule has 4 rings (SSSR count). The summed E-state index contributed by atoms with van der Waals surface area (Å²) >= 11 is 0. The number of halogens is 1. The lowest BCUT2D eigenvalue weighted by Crippen LogP contribution is -2.64. The molecule has 0 aromatic heterocycles. The largest absolute Gasteiger partial charge is 0.481 e. The maximum Gasteiger partial charge on any atom is 0.412 e. The lowest BCUT2D eigenvalue weighted by molar-refractivity contribution is -0.138. The van der Waals surface area contributed by atoms with Gasteiger partial charge in [-0.3, -0.25) is 19.4 Å². The molecule has 3 N–H and O–H groups in total. The number of nitrogens with one attached hydrogen (secondary N) is 2. The summed E-state index contributed by atoms with van der Waals surface area (Å²) in [5.41, 5.74) is 2.33. The SMILES string of the molecule is Cc1cccc(C(CC(=O)O)NC(=O)C2N(C(=O)Nc3cccc(F)c3)CCCN2C(=O)OCc2ccccc2)c1. The van der Waals surface area contributed by atoms with E-state index in [1.165, 1.54) is 18.2 Å². The second-order valence-electron chi connectivity index (χ2n) is 9.67. The minimum Gasteiger partial charge on any atom is -0.481 e. The normalized spacial score (nSPS) is 15.5. The molecular formula is C30H31FN4O6. The predicted octanol–water partition coefficient (Wildman–Crippen LogP) is 4.67. The van der Waals surface area contributed by atoms with E-state index in [1.807, 2.05) is 19.1 Å². The molecule has 0 aliphatic carbocycles. The van der Waals surface area contributed by atoms with E-state index in [1.54, 1.807) is 42.5 Å². The van der Waals surface area contributed by atoms with Crippen molar-refractivity contribution in [1.29, 1.82) is 0 Å². The Bertz CT molecular complexity index is 1400. The van der Waals surface area contributed by atoms with E-state index in [9.17, 15) is 28.7 Å². The molecule has 1 fully saturated rings. The van der Waals surface area contributed by atoms with Gasteiger partial charge in [0.1, 0.15) is 12.4 Å². The Balaban J connectivity index is 1.61. The van der Waals surface area contributed by atoms with Gasteiger partial charge >= 0.3 is 18.1 Å². The van der Waals surface area contributed by atoms with Crippen LogP contribution in [0.5, 0.6) is 0 Å². The molecule has 2 atom stereocenters. The number of benzene rings is 3. The van der Waals surface area contributed by atoms with Crippen LogP contribution in [-0.2, 0) is 20.9 Å². The third-order valence-corrected chi connectivity index (χ3v) is 6.54. The highest BCUT2D eigenvalue weighted by molar-refractivity contribution is 5.95. The van der Waals surface area contributed by atoms with Gasteiger partial charge in [-0.25, -0.2) is 14.0 Å². The molecule has 4 amide bonds. The van der Waals surface area contributed by atoms with Crippen LogP contribution in [0.15, 0.2) is 78.9 Å². The summed E-state index contributed by atoms with van der Waals surface area (Å²) in [5, 5.41) is 14.8. The number of carbonyl (C=O) groups excluding carboxylic acids is 3. The molecule has 3 aromatic carbocycles. The fraction of sp³-hybridized carbons (Fsp3) is 0.267. The first kappa shape index (κ1) is 29.1. The molecule has 1 aliphatic rings. The number of anilines is 1. The standard InChI is InChI=1S/C30H31FN4O6/c1-20-8-5-11-22(16-20)25(18-26(36)37)33-27(38)28-34(29(39)32-24-13-6-12-23(31)17-24)14-7-15-35(28)30(40)41-19-21-9-3-2-4-10-21/h2-6,8-13,16-17,25,28H,7,14-15,18-19H2,1H3,(H,32,39)(H,33,38)(H,36,37). The number of carboxylic acids is 1. The number of amides is 4. The first-order valence-corrected chi connectivity index (χ1v) is 13.1. The van der Waals surface area contributed by atoms with Gasteiger partial charge in [0.2, 0.25) is 0 Å². The minimum atomic E-state index is -1.46. The molecule has 0 radical (unpaired) electrons. The zero-order chi connectivity index (χ0) is 29.4. The van der Waals surface area contributed by atoms with E-state index >= 15 is 0 Å². The van der Waals surface area contributed by atoms with E-state index in [-0.39, 0.29) is 25.4 Å². The average Bonchev–Trinajstić information content (AvgIpc) is 2.95. The lowest BCUT2D eigenvalue weighted by atomic mass is 10.0. The van der Waals surface area contributed by atoms with Crippen molar-refractivity contribution >= 4 is 29.7 Å². The number of ether oxygens (including phenoxy) is 1. The van der Waals surface area contributed by atoms with E-state index < -0.39 is 48.4 Å². The Kier molecular flexibility index (Phi) is 9.51. The minimum absolute atomic E-state index is 0.0507. The summed E-state index contributed by atoms with van der Waals surface area (Å²) in [6, 6.07) is 19.6. The van der Waals surface area contributed by atoms with E-state index in [4.69, 9.17) is 4.74 Å². The first-order chi connectivity index (χ1) is 19.7. The van der Waals surface area contributed by atoms with Crippen molar-refractivity contribution < 1.29 is 33.4 Å². The highest BCUT2D eigenvalue weighted by Crippen LogP contribution is 2.23. The summed E-state index contributed by atoms with van der Waals surface area (Å²) in [7, 11) is 0. The topological polar surface area (TPSA) is 128 Å². The molecular weight excluding hydrogens is 531 g/mol. The Morgan fingerprint density at radius 2 is 1.71 bits per heavy atom. The highest BCUT2D eigenvalue weighted by atomic mass is 19.1. The molecule has 10 nitrogen and oxygen atoms in total. The monoisotopic (exact) mass is 562 g/mol. The van der Waals surface area contributed by atoms with Crippen LogP contribution in [0, 0.1) is 12.7 Å². The van der Waals surface area contributed by atoms with E-state index in [0.29, 0.717) is 12.0 Å². The van der Waals surface area contributed by atoms with Gasteiger partial charge in [-0.1, -0.05) is 66.2 Å². The average molecular weight is 563 g/mol. The van der Waals surface area contributed by atoms with Gasteiger partial charge in [0.05, 0.1) is 12.5 Å². The zero-order valence-electron chi connectivity index (χ0n) is 22.5. The predicted molar refractivity (Wildman–Crippen MR) is 148 cm³/mol. The molecule has 41 heavy (non-hydrogen) atoms. The van der Waals surface area contributed by atoms with Crippen LogP contribution >= 0.6 is 0 Å². The second kappa shape index (κ2) is 13.4. The van der Waals surface area contributed by atoms with Crippen molar-refractivity contribution in [2.24, 2.45) is 0 Å². The van der Waals surface area contributed by atoms with Gasteiger partial charge < -0.3 is 20.5 Å². The maximum absolute atomic E-state index is 13.8. The number of aryl methyl sites for hydroxylation is 1. The van der Waals surface area contributed by atoms with Crippen molar-refractivity contribution in [3.05, 3.63) is 101 Å². The van der Waals surface area contributed by atoms with Crippen molar-refractivity contribution in [2.75, 3.05) is 18.4 Å². The second-order valence-corrected chi connectivity index (χ2v) is 9.67. The molecule has 1 saturated heterocycles. The van der Waals surface area contributed by atoms with E-state index in [0.717, 1.165) is 27.0 Å². The number of hydrogen-bond acceptors (Lipinski definition) is 5. The van der Waals surface area contributed by atoms with Gasteiger partial charge in [-0.2, -0.15) is 0 Å². The van der Waals surface area contributed by atoms with Gasteiger partial charge in [-0.15, -0.1) is 0 Å². The molecule has 1 aliphatic heterocycles. The quantitative estimate of drug-likeness (QED) is 0.366. The van der Waals surface area contributed by atoms with Crippen molar-refractivity contribution in [3.63, 3.8) is 0 Å². The number of hydrogen-bond donors (Lipinski definition) is 3. The zero-order valence-corrected chi connectivity index (χ0v) is 22.5. The third-order valence-electron chi connectivity index (χ3n) is 6.54. The number of carboxylic acid groups (broad SMARTS) is 1. The van der Waals surface area contributed by atoms with E-state index in [2.05, 4.69) is 10.6 Å². The Morgan fingerprint density at radius 3 is 2.41 bits per heavy atom. The van der Waals surface area contributed by atoms with Gasteiger partial charge in [0.25, 0.3) is 5.91 Å². The van der Waals surface area contributed by atoms with Crippen LogP contribution in [-0.4, -0.2) is 58.2 Å². The molecule has 0 spiro atoms. The van der Waals surface area contributed by atoms with Crippen molar-refractivity contribution in [2.45, 2.75) is 38.6 Å². The lowest BCUT2D eigenvalue weighted by Gasteiger charge is -2.42. The molecule has 1 heterocycles. The summed E-state index contributed by atoms with van der Waals surface area (Å²) in [6.07, 6.45) is -2.35. The number of rotatable bonds is 8. The Hall–Kier alpha value is -4.93. The number of urea groups is 1. The van der Waals surface area contributed by atoms with Crippen molar-refractivity contribution in [3.8, 4) is 0 Å². The smallest absolute Gasteiger partial charge is 0.412 e. The fourth-order valence-corrected chi connectivity index (χ4v) is 4.63. The molecule has 3 aromatic rings. The van der Waals surface area contributed by atoms with Crippen molar-refractivity contribution in [1.82, 2.24) is 15.1 Å². The third kappa shape index (κ3) is 7.81. The van der Waals surface area contributed by atoms with Gasteiger partial charge in [-0.05, 0) is 42.7 Å². The molecule has 0 saturated carbocycles. The highest BCUT2D eigenvalue weighted by Gasteiger charge is 2.42. The van der Waals surface area contributed by atoms with Crippen LogP contribution in [0.4, 0.5) is 19.7 Å².